The van der Waals surface area contributed by atoms with Gasteiger partial charge in [0.15, 0.2) is 0 Å². The summed E-state index contributed by atoms with van der Waals surface area (Å²) in [5.41, 5.74) is 2.24. The van der Waals surface area contributed by atoms with Gasteiger partial charge in [0.05, 0.1) is 10.8 Å². The lowest BCUT2D eigenvalue weighted by Crippen LogP contribution is -2.43. The number of amides is 2. The summed E-state index contributed by atoms with van der Waals surface area (Å²) in [6, 6.07) is 13.5. The number of nitrogens with zero attached hydrogens (tertiary/aromatic N) is 2. The molecule has 2 amide bonds. The third-order valence-corrected chi connectivity index (χ3v) is 7.11. The van der Waals surface area contributed by atoms with Gasteiger partial charge in [0, 0.05) is 38.4 Å². The van der Waals surface area contributed by atoms with E-state index in [4.69, 9.17) is 0 Å². The fraction of sp³-hybridized carbons (Fsp3) is 0.364. The third-order valence-electron chi connectivity index (χ3n) is 5.28. The number of piperidine rings is 1. The van der Waals surface area contributed by atoms with Gasteiger partial charge in [-0.05, 0) is 56.2 Å². The Labute approximate surface area is 177 Å². The maximum Gasteiger partial charge on any atom is 0.253 e. The Morgan fingerprint density at radius 2 is 1.67 bits per heavy atom. The molecular weight excluding hydrogens is 402 g/mol. The summed E-state index contributed by atoms with van der Waals surface area (Å²) in [6.45, 7) is 2.97. The van der Waals surface area contributed by atoms with Gasteiger partial charge in [-0.3, -0.25) is 9.59 Å². The van der Waals surface area contributed by atoms with Crippen LogP contribution in [0.25, 0.3) is 0 Å². The second-order valence-electron chi connectivity index (χ2n) is 7.76. The van der Waals surface area contributed by atoms with E-state index in [0.29, 0.717) is 30.8 Å². The van der Waals surface area contributed by atoms with Gasteiger partial charge in [-0.15, -0.1) is 0 Å². The van der Waals surface area contributed by atoms with Crippen molar-refractivity contribution in [2.45, 2.75) is 24.7 Å². The van der Waals surface area contributed by atoms with Gasteiger partial charge in [-0.25, -0.2) is 12.7 Å². The van der Waals surface area contributed by atoms with Crippen LogP contribution in [0.5, 0.6) is 0 Å². The smallest absolute Gasteiger partial charge is 0.253 e. The van der Waals surface area contributed by atoms with E-state index in [9.17, 15) is 18.0 Å². The molecular formula is C22H27N3O4S. The normalized spacial score (nSPS) is 17.1. The van der Waals surface area contributed by atoms with Crippen LogP contribution in [0.2, 0.25) is 0 Å². The van der Waals surface area contributed by atoms with Crippen molar-refractivity contribution in [3.8, 4) is 0 Å². The molecule has 1 saturated heterocycles. The van der Waals surface area contributed by atoms with Crippen molar-refractivity contribution < 1.29 is 18.0 Å². The summed E-state index contributed by atoms with van der Waals surface area (Å²) in [6.07, 6.45) is 1.46. The number of carbonyl (C=O) groups is 2. The Morgan fingerprint density at radius 3 is 2.27 bits per heavy atom. The summed E-state index contributed by atoms with van der Waals surface area (Å²) >= 11 is 0. The molecule has 1 aliphatic rings. The van der Waals surface area contributed by atoms with E-state index in [1.165, 1.54) is 26.2 Å². The molecule has 1 N–H and O–H groups in total. The number of hydrogen-bond acceptors (Lipinski definition) is 4. The molecule has 1 heterocycles. The number of benzene rings is 2. The Morgan fingerprint density at radius 1 is 1.03 bits per heavy atom. The maximum atomic E-state index is 12.8. The summed E-state index contributed by atoms with van der Waals surface area (Å²) in [5.74, 6) is -0.538. The van der Waals surface area contributed by atoms with Crippen LogP contribution in [0.4, 0.5) is 5.69 Å². The monoisotopic (exact) mass is 429 g/mol. The van der Waals surface area contributed by atoms with Gasteiger partial charge in [-0.2, -0.15) is 0 Å². The molecule has 30 heavy (non-hydrogen) atoms. The number of rotatable bonds is 5. The molecule has 0 bridgehead atoms. The molecule has 0 saturated carbocycles. The van der Waals surface area contributed by atoms with Crippen molar-refractivity contribution in [2.75, 3.05) is 32.5 Å². The molecule has 0 aliphatic carbocycles. The first-order valence-electron chi connectivity index (χ1n) is 9.88. The summed E-state index contributed by atoms with van der Waals surface area (Å²) in [7, 11) is -0.572. The molecule has 1 unspecified atom stereocenters. The number of aryl methyl sites for hydroxylation is 1. The molecule has 0 radical (unpaired) electrons. The van der Waals surface area contributed by atoms with Crippen molar-refractivity contribution in [1.29, 1.82) is 0 Å². The van der Waals surface area contributed by atoms with Crippen LogP contribution in [0, 0.1) is 12.8 Å². The molecule has 2 aromatic carbocycles. The summed E-state index contributed by atoms with van der Waals surface area (Å²) < 4.78 is 25.4. The van der Waals surface area contributed by atoms with Crippen LogP contribution in [0.1, 0.15) is 28.8 Å². The highest BCUT2D eigenvalue weighted by Gasteiger charge is 2.29. The number of carbonyl (C=O) groups excluding carboxylic acids is 2. The number of anilines is 1. The zero-order valence-corrected chi connectivity index (χ0v) is 18.3. The zero-order chi connectivity index (χ0) is 21.9. The minimum atomic E-state index is -3.51. The van der Waals surface area contributed by atoms with Gasteiger partial charge in [0.2, 0.25) is 15.9 Å². The topological polar surface area (TPSA) is 86.8 Å². The second kappa shape index (κ2) is 8.97. The molecule has 7 nitrogen and oxygen atoms in total. The first kappa shape index (κ1) is 22.0. The van der Waals surface area contributed by atoms with Crippen LogP contribution in [-0.2, 0) is 14.8 Å². The molecule has 8 heteroatoms. The van der Waals surface area contributed by atoms with E-state index in [1.54, 1.807) is 17.0 Å². The van der Waals surface area contributed by atoms with Gasteiger partial charge in [0.25, 0.3) is 5.91 Å². The van der Waals surface area contributed by atoms with Gasteiger partial charge < -0.3 is 10.2 Å². The molecule has 160 valence electrons. The lowest BCUT2D eigenvalue weighted by atomic mass is 9.96. The Bertz CT molecular complexity index is 1020. The fourth-order valence-corrected chi connectivity index (χ4v) is 4.32. The number of nitrogens with one attached hydrogen (secondary N) is 1. The first-order chi connectivity index (χ1) is 14.2. The molecule has 0 spiro atoms. The molecule has 3 rings (SSSR count). The van der Waals surface area contributed by atoms with Crippen LogP contribution in [0.15, 0.2) is 53.4 Å². The van der Waals surface area contributed by atoms with Crippen molar-refractivity contribution in [3.05, 3.63) is 59.7 Å². The van der Waals surface area contributed by atoms with E-state index in [1.807, 2.05) is 31.2 Å². The summed E-state index contributed by atoms with van der Waals surface area (Å²) in [5, 5.41) is 2.84. The van der Waals surface area contributed by atoms with Crippen LogP contribution in [0.3, 0.4) is 0 Å². The van der Waals surface area contributed by atoms with Crippen LogP contribution >= 0.6 is 0 Å². The SMILES string of the molecule is Cc1ccc(C(=O)N2CCCC(C(=O)Nc3ccc(S(=O)(=O)N(C)C)cc3)C2)cc1. The third kappa shape index (κ3) is 4.88. The highest BCUT2D eigenvalue weighted by atomic mass is 32.2. The van der Waals surface area contributed by atoms with Crippen molar-refractivity contribution in [2.24, 2.45) is 5.92 Å². The molecule has 1 aliphatic heterocycles. The average molecular weight is 430 g/mol. The first-order valence-corrected chi connectivity index (χ1v) is 11.3. The highest BCUT2D eigenvalue weighted by Crippen LogP contribution is 2.22. The number of likely N-dealkylation sites (tertiary alicyclic amines) is 1. The zero-order valence-electron chi connectivity index (χ0n) is 17.5. The van der Waals surface area contributed by atoms with Crippen LogP contribution < -0.4 is 5.32 Å². The van der Waals surface area contributed by atoms with Crippen molar-refractivity contribution in [1.82, 2.24) is 9.21 Å². The van der Waals surface area contributed by atoms with Gasteiger partial charge in [-0.1, -0.05) is 17.7 Å². The average Bonchev–Trinajstić information content (AvgIpc) is 2.74. The largest absolute Gasteiger partial charge is 0.338 e. The highest BCUT2D eigenvalue weighted by molar-refractivity contribution is 7.89. The van der Waals surface area contributed by atoms with E-state index in [0.717, 1.165) is 16.3 Å². The molecule has 0 aromatic heterocycles. The Balaban J connectivity index is 1.64. The van der Waals surface area contributed by atoms with Crippen molar-refractivity contribution >= 4 is 27.5 Å². The number of sulfonamides is 1. The van der Waals surface area contributed by atoms with Gasteiger partial charge >= 0.3 is 0 Å². The van der Waals surface area contributed by atoms with Gasteiger partial charge in [0.1, 0.15) is 0 Å². The fourth-order valence-electron chi connectivity index (χ4n) is 3.42. The molecule has 1 atom stereocenters. The van der Waals surface area contributed by atoms with Crippen molar-refractivity contribution in [3.63, 3.8) is 0 Å². The Hall–Kier alpha value is -2.71. The lowest BCUT2D eigenvalue weighted by Gasteiger charge is -2.32. The van der Waals surface area contributed by atoms with E-state index in [2.05, 4.69) is 5.32 Å². The minimum absolute atomic E-state index is 0.0641. The van der Waals surface area contributed by atoms with E-state index in [-0.39, 0.29) is 22.6 Å². The maximum absolute atomic E-state index is 12.8. The quantitative estimate of drug-likeness (QED) is 0.792. The molecule has 2 aromatic rings. The number of hydrogen-bond donors (Lipinski definition) is 1. The molecule has 1 fully saturated rings. The van der Waals surface area contributed by atoms with Crippen LogP contribution in [-0.4, -0.2) is 56.6 Å². The summed E-state index contributed by atoms with van der Waals surface area (Å²) in [4.78, 5) is 27.4. The Kier molecular flexibility index (Phi) is 6.58. The minimum Gasteiger partial charge on any atom is -0.338 e. The predicted molar refractivity (Wildman–Crippen MR) is 116 cm³/mol. The standard InChI is InChI=1S/C22H27N3O4S/c1-16-6-8-17(9-7-16)22(27)25-14-4-5-18(15-25)21(26)23-19-10-12-20(13-11-19)30(28,29)24(2)3/h6-13,18H,4-5,14-15H2,1-3H3,(H,23,26). The van der Waals surface area contributed by atoms with E-state index < -0.39 is 10.0 Å². The van der Waals surface area contributed by atoms with E-state index >= 15 is 0 Å². The second-order valence-corrected chi connectivity index (χ2v) is 9.91. The predicted octanol–water partition coefficient (Wildman–Crippen LogP) is 2.74. The lowest BCUT2D eigenvalue weighted by molar-refractivity contribution is -0.121.